The molecular weight excluding hydrogens is 536 g/mol. The zero-order valence-corrected chi connectivity index (χ0v) is 23.7. The summed E-state index contributed by atoms with van der Waals surface area (Å²) in [6.07, 6.45) is -0.705. The third-order valence-electron chi connectivity index (χ3n) is 6.79. The molecule has 1 saturated heterocycles. The largest absolute Gasteiger partial charge is 0.497 e. The molecule has 3 aromatic rings. The van der Waals surface area contributed by atoms with E-state index >= 15 is 0 Å². The second-order valence-corrected chi connectivity index (χ2v) is 12.3. The van der Waals surface area contributed by atoms with Crippen molar-refractivity contribution in [1.29, 1.82) is 0 Å². The molecule has 0 radical (unpaired) electrons. The van der Waals surface area contributed by atoms with E-state index in [9.17, 15) is 23.1 Å². The molecule has 11 heteroatoms. The number of methoxy groups -OCH3 is 1. The Balaban J connectivity index is 1.61. The van der Waals surface area contributed by atoms with Gasteiger partial charge in [0, 0.05) is 19.5 Å². The van der Waals surface area contributed by atoms with Gasteiger partial charge in [-0.05, 0) is 42.2 Å². The summed E-state index contributed by atoms with van der Waals surface area (Å²) in [5.41, 5.74) is -0.613. The Morgan fingerprint density at radius 1 is 1.05 bits per heavy atom. The summed E-state index contributed by atoms with van der Waals surface area (Å²) < 4.78 is 44.7. The summed E-state index contributed by atoms with van der Waals surface area (Å²) in [7, 11) is -2.47. The predicted octanol–water partition coefficient (Wildman–Crippen LogP) is 2.19. The van der Waals surface area contributed by atoms with Crippen LogP contribution < -0.4 is 25.6 Å². The molecule has 10 nitrogen and oxygen atoms in total. The van der Waals surface area contributed by atoms with Crippen LogP contribution in [0.15, 0.2) is 69.1 Å². The summed E-state index contributed by atoms with van der Waals surface area (Å²) in [5, 5.41) is 14.5. The van der Waals surface area contributed by atoms with Gasteiger partial charge < -0.3 is 24.6 Å². The fourth-order valence-electron chi connectivity index (χ4n) is 4.63. The van der Waals surface area contributed by atoms with Crippen molar-refractivity contribution < 1.29 is 27.7 Å². The molecule has 40 heavy (non-hydrogen) atoms. The van der Waals surface area contributed by atoms with Gasteiger partial charge >= 0.3 is 0 Å². The Morgan fingerprint density at radius 2 is 1.75 bits per heavy atom. The Labute approximate surface area is 234 Å². The number of nitrogens with one attached hydrogen (secondary N) is 1. The second-order valence-electron chi connectivity index (χ2n) is 10.4. The van der Waals surface area contributed by atoms with Crippen molar-refractivity contribution in [2.45, 2.75) is 49.8 Å². The standard InChI is InChI=1S/C29H36N2O8S/c1-19(2)16-31(40(35,36)23-11-9-21(37-3)10-12-23)17-25(32)24(15-20-7-5-4-6-8-20)30-26-27(33)28(34)29(26)39-22-13-14-38-18-22/h4-12,19,22,24-25,30,32H,13-18H2,1-3H3/t22-,24+,25-/m1/s1. The zero-order chi connectivity index (χ0) is 28.9. The van der Waals surface area contributed by atoms with Crippen molar-refractivity contribution in [3.05, 3.63) is 80.6 Å². The minimum absolute atomic E-state index is 0.00898. The quantitative estimate of drug-likeness (QED) is 0.279. The predicted molar refractivity (Wildman–Crippen MR) is 151 cm³/mol. The molecule has 3 aromatic carbocycles. The average molecular weight is 573 g/mol. The van der Waals surface area contributed by atoms with E-state index in [1.807, 2.05) is 44.2 Å². The molecule has 0 unspecified atom stereocenters. The maximum Gasteiger partial charge on any atom is 0.272 e. The second kappa shape index (κ2) is 12.9. The lowest BCUT2D eigenvalue weighted by molar-refractivity contribution is 0.121. The van der Waals surface area contributed by atoms with E-state index in [0.29, 0.717) is 25.4 Å². The third-order valence-corrected chi connectivity index (χ3v) is 8.63. The normalized spacial score (nSPS) is 17.3. The highest BCUT2D eigenvalue weighted by molar-refractivity contribution is 7.89. The number of aliphatic hydroxyl groups is 1. The van der Waals surface area contributed by atoms with Crippen LogP contribution in [0.1, 0.15) is 25.8 Å². The van der Waals surface area contributed by atoms with Crippen LogP contribution in [-0.2, 0) is 21.2 Å². The van der Waals surface area contributed by atoms with Crippen molar-refractivity contribution in [2.24, 2.45) is 5.92 Å². The van der Waals surface area contributed by atoms with Crippen molar-refractivity contribution in [3.8, 4) is 11.5 Å². The molecule has 1 fully saturated rings. The molecule has 0 spiro atoms. The zero-order valence-electron chi connectivity index (χ0n) is 22.9. The van der Waals surface area contributed by atoms with E-state index in [-0.39, 0.29) is 47.9 Å². The lowest BCUT2D eigenvalue weighted by Crippen LogP contribution is -2.49. The highest BCUT2D eigenvalue weighted by Crippen LogP contribution is 2.26. The molecule has 4 rings (SSSR count). The Kier molecular flexibility index (Phi) is 9.62. The maximum atomic E-state index is 13.6. The third kappa shape index (κ3) is 6.90. The van der Waals surface area contributed by atoms with Gasteiger partial charge in [0.15, 0.2) is 5.75 Å². The molecule has 1 heterocycles. The van der Waals surface area contributed by atoms with Gasteiger partial charge in [-0.15, -0.1) is 0 Å². The molecule has 1 aliphatic heterocycles. The number of hydrogen-bond donors (Lipinski definition) is 2. The summed E-state index contributed by atoms with van der Waals surface area (Å²) in [6, 6.07) is 14.6. The van der Waals surface area contributed by atoms with Gasteiger partial charge in [-0.3, -0.25) is 9.59 Å². The molecule has 2 N–H and O–H groups in total. The van der Waals surface area contributed by atoms with Crippen LogP contribution in [-0.4, -0.2) is 69.5 Å². The minimum Gasteiger partial charge on any atom is -0.497 e. The van der Waals surface area contributed by atoms with Gasteiger partial charge in [-0.2, -0.15) is 4.31 Å². The molecule has 3 atom stereocenters. The Morgan fingerprint density at radius 3 is 2.35 bits per heavy atom. The highest BCUT2D eigenvalue weighted by Gasteiger charge is 2.34. The smallest absolute Gasteiger partial charge is 0.272 e. The van der Waals surface area contributed by atoms with E-state index in [4.69, 9.17) is 14.2 Å². The molecular formula is C29H36N2O8S. The van der Waals surface area contributed by atoms with Crippen LogP contribution in [0.5, 0.6) is 11.5 Å². The number of rotatable bonds is 14. The number of anilines is 1. The Bertz CT molecular complexity index is 1430. The number of sulfonamides is 1. The van der Waals surface area contributed by atoms with Gasteiger partial charge in [-0.1, -0.05) is 44.2 Å². The number of hydrogen-bond acceptors (Lipinski definition) is 9. The van der Waals surface area contributed by atoms with Gasteiger partial charge in [-0.25, -0.2) is 8.42 Å². The molecule has 0 bridgehead atoms. The minimum atomic E-state index is -3.97. The van der Waals surface area contributed by atoms with Crippen LogP contribution in [0.3, 0.4) is 0 Å². The van der Waals surface area contributed by atoms with Crippen LogP contribution in [0.4, 0.5) is 5.69 Å². The molecule has 216 valence electrons. The average Bonchev–Trinajstić information content (AvgIpc) is 3.47. The molecule has 1 aliphatic rings. The molecule has 0 aromatic heterocycles. The summed E-state index contributed by atoms with van der Waals surface area (Å²) in [4.78, 5) is 24.9. The number of ether oxygens (including phenoxy) is 3. The number of benzene rings is 2. The van der Waals surface area contributed by atoms with Crippen molar-refractivity contribution in [2.75, 3.05) is 38.7 Å². The van der Waals surface area contributed by atoms with E-state index in [0.717, 1.165) is 5.56 Å². The topological polar surface area (TPSA) is 131 Å². The van der Waals surface area contributed by atoms with Gasteiger partial charge in [0.1, 0.15) is 17.5 Å². The van der Waals surface area contributed by atoms with E-state index in [1.54, 1.807) is 12.1 Å². The first kappa shape index (κ1) is 29.7. The van der Waals surface area contributed by atoms with Gasteiger partial charge in [0.05, 0.1) is 37.4 Å². The lowest BCUT2D eigenvalue weighted by atomic mass is 10.00. The van der Waals surface area contributed by atoms with Crippen LogP contribution >= 0.6 is 0 Å². The maximum absolute atomic E-state index is 13.6. The molecule has 0 aliphatic carbocycles. The van der Waals surface area contributed by atoms with E-state index < -0.39 is 33.0 Å². The monoisotopic (exact) mass is 572 g/mol. The number of nitrogens with zero attached hydrogens (tertiary/aromatic N) is 1. The number of aliphatic hydroxyl groups excluding tert-OH is 1. The van der Waals surface area contributed by atoms with Gasteiger partial charge in [0.25, 0.3) is 10.9 Å². The SMILES string of the molecule is COc1ccc(S(=O)(=O)N(CC(C)C)C[C@@H](O)[C@H](Cc2ccccc2)Nc2c(O[C@@H]3CCOC3)c(=O)c2=O)cc1. The highest BCUT2D eigenvalue weighted by atomic mass is 32.2. The Hall–Kier alpha value is -3.25. The van der Waals surface area contributed by atoms with E-state index in [1.165, 1.54) is 23.5 Å². The van der Waals surface area contributed by atoms with Gasteiger partial charge in [0.2, 0.25) is 10.0 Å². The summed E-state index contributed by atoms with van der Waals surface area (Å²) in [5.74, 6) is 0.426. The van der Waals surface area contributed by atoms with Crippen LogP contribution in [0.2, 0.25) is 0 Å². The van der Waals surface area contributed by atoms with Crippen molar-refractivity contribution in [1.82, 2.24) is 4.31 Å². The lowest BCUT2D eigenvalue weighted by Gasteiger charge is -2.31. The summed E-state index contributed by atoms with van der Waals surface area (Å²) >= 11 is 0. The fourth-order valence-corrected chi connectivity index (χ4v) is 6.26. The van der Waals surface area contributed by atoms with Crippen molar-refractivity contribution in [3.63, 3.8) is 0 Å². The first-order chi connectivity index (χ1) is 19.1. The van der Waals surface area contributed by atoms with Crippen molar-refractivity contribution >= 4 is 15.7 Å². The molecule has 0 amide bonds. The van der Waals surface area contributed by atoms with E-state index in [2.05, 4.69) is 5.32 Å². The first-order valence-electron chi connectivity index (χ1n) is 13.3. The molecule has 0 saturated carbocycles. The fraction of sp³-hybridized carbons (Fsp3) is 0.448. The first-order valence-corrected chi connectivity index (χ1v) is 14.7. The summed E-state index contributed by atoms with van der Waals surface area (Å²) in [6.45, 7) is 4.54. The van der Waals surface area contributed by atoms with Crippen LogP contribution in [0.25, 0.3) is 0 Å². The van der Waals surface area contributed by atoms with Crippen LogP contribution in [0, 0.1) is 5.92 Å².